The molecule has 6 heteroatoms. The van der Waals surface area contributed by atoms with Crippen molar-refractivity contribution in [2.45, 2.75) is 19.9 Å². The minimum Gasteiger partial charge on any atom is -0.326 e. The summed E-state index contributed by atoms with van der Waals surface area (Å²) in [5.74, 6) is 0. The predicted octanol–water partition coefficient (Wildman–Crippen LogP) is 5.03. The largest absolute Gasteiger partial charge is 0.326 e. The highest BCUT2D eigenvalue weighted by Gasteiger charge is 2.06. The Hall–Kier alpha value is -1.43. The van der Waals surface area contributed by atoms with Crippen molar-refractivity contribution in [2.75, 3.05) is 0 Å². The molecule has 0 fully saturated rings. The van der Waals surface area contributed by atoms with Crippen molar-refractivity contribution >= 4 is 35.1 Å². The molecule has 3 rings (SSSR count). The fraction of sp³-hybridized carbons (Fsp3) is 0. The number of rotatable bonds is 4. The highest BCUT2D eigenvalue weighted by molar-refractivity contribution is 7.99. The van der Waals surface area contributed by atoms with Crippen LogP contribution in [0.25, 0.3) is 0 Å². The van der Waals surface area contributed by atoms with Gasteiger partial charge in [0.05, 0.1) is 0 Å². The lowest BCUT2D eigenvalue weighted by atomic mass is 10.4. The van der Waals surface area contributed by atoms with E-state index in [1.54, 1.807) is 11.8 Å². The van der Waals surface area contributed by atoms with Gasteiger partial charge in [0.1, 0.15) is 0 Å². The molecule has 3 aromatic rings. The Bertz CT molecular complexity index is 686. The van der Waals surface area contributed by atoms with Crippen molar-refractivity contribution in [3.8, 4) is 0 Å². The Labute approximate surface area is 129 Å². The first-order valence-electron chi connectivity index (χ1n) is 5.80. The first kappa shape index (κ1) is 13.5. The van der Waals surface area contributed by atoms with Crippen LogP contribution in [0.3, 0.4) is 0 Å². The minimum absolute atomic E-state index is 0.128. The fourth-order valence-electron chi connectivity index (χ4n) is 1.54. The van der Waals surface area contributed by atoms with Crippen LogP contribution < -0.4 is 0 Å². The smallest absolute Gasteiger partial charge is 0.291 e. The summed E-state index contributed by atoms with van der Waals surface area (Å²) in [6.45, 7) is 0. The van der Waals surface area contributed by atoms with Crippen LogP contribution in [0.2, 0.25) is 5.28 Å². The van der Waals surface area contributed by atoms with Gasteiger partial charge in [0.2, 0.25) is 0 Å². The second kappa shape index (κ2) is 6.35. The Balaban J connectivity index is 1.68. The molecule has 0 aliphatic heterocycles. The third kappa shape index (κ3) is 3.56. The molecule has 0 aliphatic rings. The van der Waals surface area contributed by atoms with Gasteiger partial charge in [-0.05, 0) is 64.9 Å². The van der Waals surface area contributed by atoms with Crippen LogP contribution in [0.1, 0.15) is 0 Å². The first-order valence-corrected chi connectivity index (χ1v) is 7.81. The summed E-state index contributed by atoms with van der Waals surface area (Å²) in [6, 6.07) is 18.4. The van der Waals surface area contributed by atoms with E-state index in [1.165, 1.54) is 21.6 Å². The Morgan fingerprint density at radius 3 is 2.00 bits per heavy atom. The average Bonchev–Trinajstić information content (AvgIpc) is 2.88. The second-order valence-electron chi connectivity index (χ2n) is 3.82. The number of halogens is 1. The molecule has 0 aliphatic carbocycles. The van der Waals surface area contributed by atoms with E-state index in [4.69, 9.17) is 16.1 Å². The second-order valence-corrected chi connectivity index (χ2v) is 6.33. The van der Waals surface area contributed by atoms with Crippen molar-refractivity contribution in [3.05, 3.63) is 59.9 Å². The van der Waals surface area contributed by atoms with Gasteiger partial charge in [-0.1, -0.05) is 30.0 Å². The van der Waals surface area contributed by atoms with Crippen LogP contribution in [0.5, 0.6) is 0 Å². The molecule has 3 nitrogen and oxygen atoms in total. The van der Waals surface area contributed by atoms with Gasteiger partial charge in [0, 0.05) is 14.7 Å². The molecule has 0 saturated carbocycles. The van der Waals surface area contributed by atoms with Crippen molar-refractivity contribution in [3.63, 3.8) is 0 Å². The Morgan fingerprint density at radius 1 is 0.800 bits per heavy atom. The molecule has 0 saturated heterocycles. The molecule has 20 heavy (non-hydrogen) atoms. The topological polar surface area (TPSA) is 38.9 Å². The van der Waals surface area contributed by atoms with Gasteiger partial charge in [0.25, 0.3) is 10.5 Å². The van der Waals surface area contributed by atoms with E-state index in [0.29, 0.717) is 5.22 Å². The summed E-state index contributed by atoms with van der Waals surface area (Å²) >= 11 is 8.72. The molecule has 0 N–H and O–H groups in total. The van der Waals surface area contributed by atoms with Crippen molar-refractivity contribution in [1.29, 1.82) is 0 Å². The van der Waals surface area contributed by atoms with E-state index in [2.05, 4.69) is 34.4 Å². The molecule has 0 spiro atoms. The van der Waals surface area contributed by atoms with E-state index < -0.39 is 0 Å². The van der Waals surface area contributed by atoms with Crippen LogP contribution in [0, 0.1) is 0 Å². The number of aromatic nitrogens is 2. The van der Waals surface area contributed by atoms with Crippen molar-refractivity contribution < 1.29 is 4.52 Å². The van der Waals surface area contributed by atoms with E-state index in [0.717, 1.165) is 4.90 Å². The third-order valence-corrected chi connectivity index (χ3v) is 4.41. The lowest BCUT2D eigenvalue weighted by Gasteiger charge is -2.02. The molecular weight excluding hydrogens is 312 g/mol. The maximum atomic E-state index is 5.61. The quantitative estimate of drug-likeness (QED) is 0.674. The lowest BCUT2D eigenvalue weighted by molar-refractivity contribution is 0.340. The fourth-order valence-corrected chi connectivity index (χ4v) is 3.21. The zero-order valence-corrected chi connectivity index (χ0v) is 12.6. The average molecular weight is 321 g/mol. The maximum absolute atomic E-state index is 5.61. The molecule has 0 radical (unpaired) electrons. The van der Waals surface area contributed by atoms with Crippen LogP contribution in [0.15, 0.2) is 79.0 Å². The molecule has 0 amide bonds. The summed E-state index contributed by atoms with van der Waals surface area (Å²) in [7, 11) is 0. The minimum atomic E-state index is 0.128. The number of hydrogen-bond donors (Lipinski definition) is 0. The monoisotopic (exact) mass is 320 g/mol. The van der Waals surface area contributed by atoms with Gasteiger partial charge < -0.3 is 4.52 Å². The van der Waals surface area contributed by atoms with Crippen LogP contribution >= 0.6 is 35.1 Å². The summed E-state index contributed by atoms with van der Waals surface area (Å²) in [6.07, 6.45) is 0. The maximum Gasteiger partial charge on any atom is 0.291 e. The van der Waals surface area contributed by atoms with E-state index in [1.807, 2.05) is 30.3 Å². The summed E-state index contributed by atoms with van der Waals surface area (Å²) in [5, 5.41) is 4.11. The van der Waals surface area contributed by atoms with Crippen molar-refractivity contribution in [2.24, 2.45) is 0 Å². The molecule has 0 unspecified atom stereocenters. The van der Waals surface area contributed by atoms with Gasteiger partial charge in [-0.25, -0.2) is 0 Å². The van der Waals surface area contributed by atoms with E-state index in [9.17, 15) is 0 Å². The number of benzene rings is 2. The SMILES string of the molecule is Clc1noc(Sc2ccc(Sc3ccccc3)cc2)n1. The summed E-state index contributed by atoms with van der Waals surface area (Å²) in [4.78, 5) is 7.38. The Morgan fingerprint density at radius 2 is 1.40 bits per heavy atom. The molecule has 2 aromatic carbocycles. The molecule has 0 bridgehead atoms. The zero-order valence-electron chi connectivity index (χ0n) is 10.2. The highest BCUT2D eigenvalue weighted by atomic mass is 35.5. The normalized spacial score (nSPS) is 10.7. The first-order chi connectivity index (χ1) is 9.79. The van der Waals surface area contributed by atoms with Gasteiger partial charge in [-0.15, -0.1) is 0 Å². The van der Waals surface area contributed by atoms with Crippen LogP contribution in [0.4, 0.5) is 0 Å². The van der Waals surface area contributed by atoms with Crippen LogP contribution in [-0.4, -0.2) is 10.1 Å². The van der Waals surface area contributed by atoms with Crippen molar-refractivity contribution in [1.82, 2.24) is 10.1 Å². The molecule has 1 heterocycles. The molecular formula is C14H9ClN2OS2. The van der Waals surface area contributed by atoms with Gasteiger partial charge >= 0.3 is 0 Å². The lowest BCUT2D eigenvalue weighted by Crippen LogP contribution is -1.76. The molecule has 100 valence electrons. The standard InChI is InChI=1S/C14H9ClN2OS2/c15-13-16-14(18-17-13)20-12-8-6-11(7-9-12)19-10-4-2-1-3-5-10/h1-9H. The molecule has 0 atom stereocenters. The summed E-state index contributed by atoms with van der Waals surface area (Å²) < 4.78 is 4.96. The highest BCUT2D eigenvalue weighted by Crippen LogP contribution is 2.31. The zero-order chi connectivity index (χ0) is 13.8. The van der Waals surface area contributed by atoms with Gasteiger partial charge in [-0.2, -0.15) is 4.98 Å². The Kier molecular flexibility index (Phi) is 4.30. The summed E-state index contributed by atoms with van der Waals surface area (Å²) in [5.41, 5.74) is 0. The number of hydrogen-bond acceptors (Lipinski definition) is 5. The predicted molar refractivity (Wildman–Crippen MR) is 80.4 cm³/mol. The number of nitrogens with zero attached hydrogens (tertiary/aromatic N) is 2. The van der Waals surface area contributed by atoms with E-state index >= 15 is 0 Å². The van der Waals surface area contributed by atoms with Crippen LogP contribution in [-0.2, 0) is 0 Å². The van der Waals surface area contributed by atoms with Gasteiger partial charge in [0.15, 0.2) is 0 Å². The molecule has 1 aromatic heterocycles. The van der Waals surface area contributed by atoms with E-state index in [-0.39, 0.29) is 5.28 Å². The third-order valence-electron chi connectivity index (χ3n) is 2.39. The van der Waals surface area contributed by atoms with Gasteiger partial charge in [-0.3, -0.25) is 0 Å².